The first-order valence-electron chi connectivity index (χ1n) is 11.0. The molecule has 1 aliphatic rings. The number of ether oxygens (including phenoxy) is 2. The molecule has 0 saturated heterocycles. The number of carbonyl (C=O) groups excluding carboxylic acids is 2. The van der Waals surface area contributed by atoms with Crippen LogP contribution >= 0.6 is 11.8 Å². The van der Waals surface area contributed by atoms with Gasteiger partial charge in [-0.15, -0.1) is 0 Å². The first-order valence-corrected chi connectivity index (χ1v) is 12.0. The van der Waals surface area contributed by atoms with Crippen LogP contribution in [0.5, 0.6) is 11.5 Å². The van der Waals surface area contributed by atoms with Gasteiger partial charge in [0.25, 0.3) is 0 Å². The van der Waals surface area contributed by atoms with Gasteiger partial charge in [-0.1, -0.05) is 42.6 Å². The molecule has 0 bridgehead atoms. The normalized spacial score (nSPS) is 15.0. The Morgan fingerprint density at radius 3 is 2.72 bits per heavy atom. The number of dihydropyridines is 1. The van der Waals surface area contributed by atoms with E-state index in [2.05, 4.69) is 23.3 Å². The van der Waals surface area contributed by atoms with Crippen LogP contribution in [-0.4, -0.2) is 36.5 Å². The number of nitrogens with one attached hydrogen (secondary N) is 2. The number of esters is 1. The number of allylic oxidation sites excluding steroid dienone is 2. The number of hydrogen-bond donors (Lipinski definition) is 3. The number of hydrogen-bond acceptors (Lipinski definition) is 8. The van der Waals surface area contributed by atoms with Crippen molar-refractivity contribution in [1.82, 2.24) is 5.32 Å². The smallest absolute Gasteiger partial charge is 0.337 e. The van der Waals surface area contributed by atoms with Crippen LogP contribution in [0.3, 0.4) is 0 Å². The summed E-state index contributed by atoms with van der Waals surface area (Å²) in [6, 6.07) is 14.3. The van der Waals surface area contributed by atoms with Crippen molar-refractivity contribution < 1.29 is 24.2 Å². The van der Waals surface area contributed by atoms with E-state index in [0.29, 0.717) is 22.0 Å². The molecule has 1 atom stereocenters. The molecule has 186 valence electrons. The summed E-state index contributed by atoms with van der Waals surface area (Å²) in [5.74, 6) is -1.48. The molecule has 36 heavy (non-hydrogen) atoms. The topological polar surface area (TPSA) is 121 Å². The van der Waals surface area contributed by atoms with Crippen LogP contribution in [0.25, 0.3) is 0 Å². The predicted molar refractivity (Wildman–Crippen MR) is 139 cm³/mol. The molecule has 0 fully saturated rings. The highest BCUT2D eigenvalue weighted by Crippen LogP contribution is 2.43. The molecule has 2 aromatic carbocycles. The molecular weight excluding hydrogens is 478 g/mol. The summed E-state index contributed by atoms with van der Waals surface area (Å²) in [5, 5.41) is 26.6. The Kier molecular flexibility index (Phi) is 8.81. The summed E-state index contributed by atoms with van der Waals surface area (Å²) in [6.07, 6.45) is 1.46. The van der Waals surface area contributed by atoms with Crippen molar-refractivity contribution in [3.63, 3.8) is 0 Å². The molecule has 0 aromatic heterocycles. The van der Waals surface area contributed by atoms with Crippen molar-refractivity contribution in [1.29, 1.82) is 5.26 Å². The molecule has 3 rings (SSSR count). The molecule has 0 radical (unpaired) electrons. The van der Waals surface area contributed by atoms with Crippen LogP contribution in [-0.2, 0) is 14.3 Å². The number of anilines is 1. The van der Waals surface area contributed by atoms with Gasteiger partial charge < -0.3 is 25.2 Å². The summed E-state index contributed by atoms with van der Waals surface area (Å²) in [7, 11) is 1.41. The Labute approximate surface area is 214 Å². The van der Waals surface area contributed by atoms with Gasteiger partial charge in [0.15, 0.2) is 11.5 Å². The van der Waals surface area contributed by atoms with Crippen molar-refractivity contribution in [3.05, 3.63) is 88.1 Å². The third-order valence-corrected chi connectivity index (χ3v) is 6.40. The van der Waals surface area contributed by atoms with E-state index in [1.54, 1.807) is 25.1 Å². The van der Waals surface area contributed by atoms with Crippen LogP contribution in [0.1, 0.15) is 24.0 Å². The summed E-state index contributed by atoms with van der Waals surface area (Å²) >= 11 is 1.16. The van der Waals surface area contributed by atoms with E-state index in [4.69, 9.17) is 9.47 Å². The number of methoxy groups -OCH3 is 1. The van der Waals surface area contributed by atoms with Crippen molar-refractivity contribution in [2.75, 3.05) is 24.8 Å². The second-order valence-corrected chi connectivity index (χ2v) is 8.96. The predicted octanol–water partition coefficient (Wildman–Crippen LogP) is 4.51. The van der Waals surface area contributed by atoms with Gasteiger partial charge in [0.05, 0.1) is 41.0 Å². The summed E-state index contributed by atoms with van der Waals surface area (Å²) in [6.45, 7) is 7.22. The zero-order valence-corrected chi connectivity index (χ0v) is 21.1. The maximum absolute atomic E-state index is 13.0. The molecule has 2 aromatic rings. The minimum atomic E-state index is -0.801. The first kappa shape index (κ1) is 26.4. The quantitative estimate of drug-likeness (QED) is 0.336. The summed E-state index contributed by atoms with van der Waals surface area (Å²) in [5.41, 5.74) is 3.23. The number of aromatic hydroxyl groups is 1. The number of amides is 1. The van der Waals surface area contributed by atoms with Crippen LogP contribution in [0.2, 0.25) is 0 Å². The second kappa shape index (κ2) is 12.0. The van der Waals surface area contributed by atoms with Gasteiger partial charge in [-0.05, 0) is 49.2 Å². The lowest BCUT2D eigenvalue weighted by Crippen LogP contribution is -2.29. The summed E-state index contributed by atoms with van der Waals surface area (Å²) < 4.78 is 10.5. The molecule has 1 aliphatic heterocycles. The van der Waals surface area contributed by atoms with Gasteiger partial charge in [0, 0.05) is 11.4 Å². The fourth-order valence-electron chi connectivity index (χ4n) is 3.77. The molecule has 9 heteroatoms. The van der Waals surface area contributed by atoms with Crippen molar-refractivity contribution >= 4 is 29.3 Å². The number of nitriles is 1. The Balaban J connectivity index is 1.95. The van der Waals surface area contributed by atoms with Crippen LogP contribution < -0.4 is 15.4 Å². The Bertz CT molecular complexity index is 1290. The highest BCUT2D eigenvalue weighted by atomic mass is 32.2. The SMILES string of the molecule is C=CCOC(=O)C1=C(C)NC(SCC(=O)Nc2cccc(C)c2)=C(C#N)C1c1ccc(O)c(OC)c1. The number of nitrogens with zero attached hydrogens (tertiary/aromatic N) is 1. The molecule has 0 saturated carbocycles. The molecule has 0 aliphatic carbocycles. The van der Waals surface area contributed by atoms with E-state index in [0.717, 1.165) is 17.3 Å². The zero-order valence-electron chi connectivity index (χ0n) is 20.3. The van der Waals surface area contributed by atoms with E-state index >= 15 is 0 Å². The number of phenols is 1. The monoisotopic (exact) mass is 505 g/mol. The van der Waals surface area contributed by atoms with Gasteiger partial charge in [-0.25, -0.2) is 4.79 Å². The molecule has 3 N–H and O–H groups in total. The largest absolute Gasteiger partial charge is 0.504 e. The molecule has 8 nitrogen and oxygen atoms in total. The molecule has 0 spiro atoms. The van der Waals surface area contributed by atoms with E-state index in [1.165, 1.54) is 19.3 Å². The van der Waals surface area contributed by atoms with Crippen molar-refractivity contribution in [3.8, 4) is 17.6 Å². The molecule has 1 heterocycles. The van der Waals surface area contributed by atoms with Crippen molar-refractivity contribution in [2.24, 2.45) is 0 Å². The van der Waals surface area contributed by atoms with E-state index in [-0.39, 0.29) is 40.9 Å². The third-order valence-electron chi connectivity index (χ3n) is 5.39. The van der Waals surface area contributed by atoms with Gasteiger partial charge in [-0.2, -0.15) is 5.26 Å². The molecule has 1 amide bonds. The lowest BCUT2D eigenvalue weighted by Gasteiger charge is -2.29. The Morgan fingerprint density at radius 2 is 2.06 bits per heavy atom. The third kappa shape index (κ3) is 6.09. The number of benzene rings is 2. The number of carbonyl (C=O) groups is 2. The lowest BCUT2D eigenvalue weighted by molar-refractivity contribution is -0.138. The summed E-state index contributed by atoms with van der Waals surface area (Å²) in [4.78, 5) is 25.6. The minimum Gasteiger partial charge on any atom is -0.504 e. The van der Waals surface area contributed by atoms with Gasteiger partial charge in [0.2, 0.25) is 5.91 Å². The zero-order chi connectivity index (χ0) is 26.2. The Hall–Kier alpha value is -4.16. The van der Waals surface area contributed by atoms with Gasteiger partial charge in [-0.3, -0.25) is 4.79 Å². The fourth-order valence-corrected chi connectivity index (χ4v) is 4.67. The number of phenolic OH excluding ortho intramolecular Hbond substituents is 1. The maximum atomic E-state index is 13.0. The fraction of sp³-hybridized carbons (Fsp3) is 0.222. The van der Waals surface area contributed by atoms with Crippen LogP contribution in [0.15, 0.2) is 77.0 Å². The lowest BCUT2D eigenvalue weighted by atomic mass is 9.82. The number of thioether (sulfide) groups is 1. The highest BCUT2D eigenvalue weighted by molar-refractivity contribution is 8.03. The number of aryl methyl sites for hydroxylation is 1. The van der Waals surface area contributed by atoms with Gasteiger partial charge in [0.1, 0.15) is 6.61 Å². The van der Waals surface area contributed by atoms with E-state index in [1.807, 2.05) is 25.1 Å². The first-order chi connectivity index (χ1) is 17.3. The highest BCUT2D eigenvalue weighted by Gasteiger charge is 2.36. The maximum Gasteiger partial charge on any atom is 0.337 e. The second-order valence-electron chi connectivity index (χ2n) is 7.98. The standard InChI is InChI=1S/C27H27N3O5S/c1-5-11-35-27(33)24-17(3)29-26(36-15-23(32)30-19-8-6-7-16(2)12-19)20(14-28)25(24)18-9-10-21(31)22(13-18)34-4/h5-10,12-13,25,29,31H,1,11,15H2,2-4H3,(H,30,32). The minimum absolute atomic E-state index is 0.00751. The van der Waals surface area contributed by atoms with E-state index in [9.17, 15) is 20.0 Å². The van der Waals surface area contributed by atoms with E-state index < -0.39 is 11.9 Å². The average Bonchev–Trinajstić information content (AvgIpc) is 2.85. The average molecular weight is 506 g/mol. The Morgan fingerprint density at radius 1 is 1.28 bits per heavy atom. The van der Waals surface area contributed by atoms with Crippen LogP contribution in [0.4, 0.5) is 5.69 Å². The molecular formula is C27H27N3O5S. The van der Waals surface area contributed by atoms with Crippen LogP contribution in [0, 0.1) is 18.3 Å². The number of rotatable bonds is 9. The molecule has 1 unspecified atom stereocenters. The van der Waals surface area contributed by atoms with Gasteiger partial charge >= 0.3 is 5.97 Å². The van der Waals surface area contributed by atoms with Crippen molar-refractivity contribution in [2.45, 2.75) is 19.8 Å².